The molecule has 2 aromatic rings. The van der Waals surface area contributed by atoms with Crippen LogP contribution in [0.25, 0.3) is 0 Å². The smallest absolute Gasteiger partial charge is 0.0410 e. The maximum atomic E-state index is 5.79. The van der Waals surface area contributed by atoms with Gasteiger partial charge < -0.3 is 4.90 Å². The lowest BCUT2D eigenvalue weighted by molar-refractivity contribution is 0.891. The summed E-state index contributed by atoms with van der Waals surface area (Å²) in [4.78, 5) is 2.29. The predicted octanol–water partition coefficient (Wildman–Crippen LogP) is 4.45. The van der Waals surface area contributed by atoms with Crippen LogP contribution in [0, 0.1) is 0 Å². The fourth-order valence-corrected chi connectivity index (χ4v) is 1.96. The molecule has 0 bridgehead atoms. The van der Waals surface area contributed by atoms with Gasteiger partial charge in [-0.3, -0.25) is 0 Å². The van der Waals surface area contributed by atoms with Crippen molar-refractivity contribution in [1.29, 1.82) is 0 Å². The molecule has 2 aromatic carbocycles. The predicted molar refractivity (Wildman–Crippen MR) is 75.2 cm³/mol. The molecule has 0 fully saturated rings. The first kappa shape index (κ1) is 12.0. The molecule has 0 atom stereocenters. The van der Waals surface area contributed by atoms with Gasteiger partial charge in [-0.05, 0) is 30.7 Å². The number of para-hydroxylation sites is 2. The quantitative estimate of drug-likeness (QED) is 0.704. The zero-order chi connectivity index (χ0) is 11.9. The van der Waals surface area contributed by atoms with Crippen molar-refractivity contribution in [2.45, 2.75) is 6.42 Å². The van der Waals surface area contributed by atoms with Gasteiger partial charge in [-0.1, -0.05) is 36.4 Å². The number of hydrogen-bond acceptors (Lipinski definition) is 1. The first-order valence-corrected chi connectivity index (χ1v) is 6.39. The second-order valence-corrected chi connectivity index (χ2v) is 4.24. The Bertz CT molecular complexity index is 388. The Morgan fingerprint density at radius 3 is 1.65 bits per heavy atom. The SMILES string of the molecule is ClCCCN(c1ccccc1)c1ccccc1. The molecule has 0 N–H and O–H groups in total. The normalized spacial score (nSPS) is 10.2. The van der Waals surface area contributed by atoms with Crippen molar-refractivity contribution in [3.05, 3.63) is 60.7 Å². The maximum Gasteiger partial charge on any atom is 0.0410 e. The zero-order valence-corrected chi connectivity index (χ0v) is 10.5. The number of alkyl halides is 1. The molecule has 0 saturated heterocycles. The van der Waals surface area contributed by atoms with Crippen LogP contribution >= 0.6 is 11.6 Å². The Kier molecular flexibility index (Phi) is 4.45. The molecule has 0 radical (unpaired) electrons. The molecule has 0 heterocycles. The minimum Gasteiger partial charge on any atom is -0.341 e. The summed E-state index contributed by atoms with van der Waals surface area (Å²) < 4.78 is 0. The molecule has 1 nitrogen and oxygen atoms in total. The van der Waals surface area contributed by atoms with E-state index in [-0.39, 0.29) is 0 Å². The summed E-state index contributed by atoms with van der Waals surface area (Å²) in [6.07, 6.45) is 0.978. The van der Waals surface area contributed by atoms with E-state index in [0.717, 1.165) is 13.0 Å². The number of benzene rings is 2. The van der Waals surface area contributed by atoms with Gasteiger partial charge in [-0.2, -0.15) is 0 Å². The van der Waals surface area contributed by atoms with Crippen molar-refractivity contribution >= 4 is 23.0 Å². The number of halogens is 1. The number of rotatable bonds is 5. The van der Waals surface area contributed by atoms with Gasteiger partial charge in [0.05, 0.1) is 0 Å². The monoisotopic (exact) mass is 245 g/mol. The van der Waals surface area contributed by atoms with E-state index >= 15 is 0 Å². The Labute approximate surface area is 108 Å². The molecular formula is C15H16ClN. The minimum atomic E-state index is 0.691. The lowest BCUT2D eigenvalue weighted by Crippen LogP contribution is -2.18. The third kappa shape index (κ3) is 3.24. The number of anilines is 2. The van der Waals surface area contributed by atoms with E-state index in [9.17, 15) is 0 Å². The maximum absolute atomic E-state index is 5.79. The van der Waals surface area contributed by atoms with Crippen molar-refractivity contribution in [1.82, 2.24) is 0 Å². The van der Waals surface area contributed by atoms with Gasteiger partial charge in [-0.25, -0.2) is 0 Å². The van der Waals surface area contributed by atoms with E-state index in [1.807, 2.05) is 12.1 Å². The summed E-state index contributed by atoms with van der Waals surface area (Å²) in [5.41, 5.74) is 2.42. The van der Waals surface area contributed by atoms with Crippen LogP contribution in [0.1, 0.15) is 6.42 Å². The van der Waals surface area contributed by atoms with Gasteiger partial charge in [0.25, 0.3) is 0 Å². The van der Waals surface area contributed by atoms with Gasteiger partial charge in [0.1, 0.15) is 0 Å². The number of nitrogens with zero attached hydrogens (tertiary/aromatic N) is 1. The van der Waals surface area contributed by atoms with Gasteiger partial charge in [0.15, 0.2) is 0 Å². The lowest BCUT2D eigenvalue weighted by atomic mass is 10.2. The molecule has 88 valence electrons. The highest BCUT2D eigenvalue weighted by molar-refractivity contribution is 6.17. The first-order valence-electron chi connectivity index (χ1n) is 5.85. The molecular weight excluding hydrogens is 230 g/mol. The summed E-state index contributed by atoms with van der Waals surface area (Å²) in [7, 11) is 0. The largest absolute Gasteiger partial charge is 0.341 e. The van der Waals surface area contributed by atoms with Crippen molar-refractivity contribution in [3.8, 4) is 0 Å². The second kappa shape index (κ2) is 6.31. The van der Waals surface area contributed by atoms with Crippen LogP contribution < -0.4 is 4.90 Å². The Morgan fingerprint density at radius 2 is 1.24 bits per heavy atom. The number of hydrogen-bond donors (Lipinski definition) is 0. The highest BCUT2D eigenvalue weighted by Gasteiger charge is 2.07. The van der Waals surface area contributed by atoms with Crippen LogP contribution in [0.15, 0.2) is 60.7 Å². The highest BCUT2D eigenvalue weighted by atomic mass is 35.5. The zero-order valence-electron chi connectivity index (χ0n) is 9.72. The molecule has 17 heavy (non-hydrogen) atoms. The van der Waals surface area contributed by atoms with Gasteiger partial charge in [0, 0.05) is 23.8 Å². The summed E-state index contributed by atoms with van der Waals surface area (Å²) >= 11 is 5.79. The van der Waals surface area contributed by atoms with Crippen molar-refractivity contribution < 1.29 is 0 Å². The summed E-state index contributed by atoms with van der Waals surface area (Å²) in [6, 6.07) is 20.8. The fourth-order valence-electron chi connectivity index (χ4n) is 1.84. The van der Waals surface area contributed by atoms with Crippen LogP contribution in [-0.4, -0.2) is 12.4 Å². The van der Waals surface area contributed by atoms with Gasteiger partial charge in [-0.15, -0.1) is 11.6 Å². The molecule has 0 aliphatic rings. The first-order chi connectivity index (χ1) is 8.42. The molecule has 0 aliphatic carbocycles. The second-order valence-electron chi connectivity index (χ2n) is 3.87. The lowest BCUT2D eigenvalue weighted by Gasteiger charge is -2.24. The van der Waals surface area contributed by atoms with Crippen LogP contribution in [0.4, 0.5) is 11.4 Å². The van der Waals surface area contributed by atoms with Crippen LogP contribution in [0.5, 0.6) is 0 Å². The fraction of sp³-hybridized carbons (Fsp3) is 0.200. The third-order valence-electron chi connectivity index (χ3n) is 2.65. The molecule has 0 aliphatic heterocycles. The van der Waals surface area contributed by atoms with Crippen LogP contribution in [0.2, 0.25) is 0 Å². The van der Waals surface area contributed by atoms with E-state index in [0.29, 0.717) is 5.88 Å². The molecule has 0 amide bonds. The minimum absolute atomic E-state index is 0.691. The molecule has 0 spiro atoms. The average Bonchev–Trinajstić information content (AvgIpc) is 2.42. The van der Waals surface area contributed by atoms with E-state index in [1.54, 1.807) is 0 Å². The summed E-state index contributed by atoms with van der Waals surface area (Å²) in [5, 5.41) is 0. The molecule has 0 unspecified atom stereocenters. The van der Waals surface area contributed by atoms with Crippen molar-refractivity contribution in [2.75, 3.05) is 17.3 Å². The topological polar surface area (TPSA) is 3.24 Å². The summed E-state index contributed by atoms with van der Waals surface area (Å²) in [6.45, 7) is 0.942. The van der Waals surface area contributed by atoms with Gasteiger partial charge in [0.2, 0.25) is 0 Å². The third-order valence-corrected chi connectivity index (χ3v) is 2.92. The van der Waals surface area contributed by atoms with E-state index < -0.39 is 0 Å². The van der Waals surface area contributed by atoms with Crippen molar-refractivity contribution in [2.24, 2.45) is 0 Å². The summed E-state index contributed by atoms with van der Waals surface area (Å²) in [5.74, 6) is 0.691. The molecule has 0 aromatic heterocycles. The molecule has 2 heteroatoms. The Morgan fingerprint density at radius 1 is 0.765 bits per heavy atom. The van der Waals surface area contributed by atoms with E-state index in [4.69, 9.17) is 11.6 Å². The van der Waals surface area contributed by atoms with Crippen LogP contribution in [0.3, 0.4) is 0 Å². The van der Waals surface area contributed by atoms with E-state index in [2.05, 4.69) is 53.4 Å². The van der Waals surface area contributed by atoms with Crippen LogP contribution in [-0.2, 0) is 0 Å². The highest BCUT2D eigenvalue weighted by Crippen LogP contribution is 2.24. The van der Waals surface area contributed by atoms with E-state index in [1.165, 1.54) is 11.4 Å². The standard InChI is InChI=1S/C15H16ClN/c16-12-7-13-17(14-8-3-1-4-9-14)15-10-5-2-6-11-15/h1-6,8-11H,7,12-13H2. The Balaban J connectivity index is 2.26. The molecule has 2 rings (SSSR count). The average molecular weight is 246 g/mol. The van der Waals surface area contributed by atoms with Crippen molar-refractivity contribution in [3.63, 3.8) is 0 Å². The molecule has 0 saturated carbocycles. The Hall–Kier alpha value is -1.47. The van der Waals surface area contributed by atoms with Gasteiger partial charge >= 0.3 is 0 Å².